The summed E-state index contributed by atoms with van der Waals surface area (Å²) in [5.74, 6) is 0. The van der Waals surface area contributed by atoms with Crippen molar-refractivity contribution in [3.8, 4) is 0 Å². The van der Waals surface area contributed by atoms with Crippen LogP contribution in [-0.2, 0) is 23.3 Å². The van der Waals surface area contributed by atoms with Gasteiger partial charge in [0.2, 0.25) is 0 Å². The number of fused-ring (bicyclic) bond motifs is 2. The maximum Gasteiger partial charge on any atom is 2.00 e. The van der Waals surface area contributed by atoms with Crippen LogP contribution < -0.4 is 0 Å². The van der Waals surface area contributed by atoms with Crippen LogP contribution in [-0.4, -0.2) is 17.5 Å². The van der Waals surface area contributed by atoms with Crippen LogP contribution in [0.4, 0.5) is 0 Å². The Kier molecular flexibility index (Phi) is 1.97. The van der Waals surface area contributed by atoms with Gasteiger partial charge < -0.3 is 4.74 Å². The summed E-state index contributed by atoms with van der Waals surface area (Å²) in [5, 5.41) is 0. The first-order chi connectivity index (χ1) is 4.21. The summed E-state index contributed by atoms with van der Waals surface area (Å²) in [6.07, 6.45) is 3.34. The van der Waals surface area contributed by atoms with Gasteiger partial charge in [0.1, 0.15) is 6.23 Å². The fraction of sp³-hybridized carbons (Fsp3) is 0.714. The van der Waals surface area contributed by atoms with Crippen molar-refractivity contribution in [1.29, 1.82) is 0 Å². The molecule has 0 aliphatic carbocycles. The Bertz CT molecular complexity index is 180. The topological polar surface area (TPSA) is 21.6 Å². The molecule has 2 aliphatic heterocycles. The van der Waals surface area contributed by atoms with Gasteiger partial charge in [0, 0.05) is 5.71 Å². The second-order valence-electron chi connectivity index (χ2n) is 2.83. The standard InChI is InChI=1S/C7H10NO.V/c1-5-7(2)4-3-6(8-5)9-7;/h4,6H,3H2,1-2H3;/q-1;+2. The predicted octanol–water partition coefficient (Wildman–Crippen LogP) is 1.17. The Morgan fingerprint density at radius 2 is 2.50 bits per heavy atom. The Balaban J connectivity index is 0.000000500. The quantitative estimate of drug-likeness (QED) is 0.506. The molecule has 1 saturated heterocycles. The summed E-state index contributed by atoms with van der Waals surface area (Å²) in [6.45, 7) is 4.09. The zero-order valence-electron chi connectivity index (χ0n) is 6.16. The van der Waals surface area contributed by atoms with E-state index in [1.54, 1.807) is 0 Å². The molecule has 0 aromatic heterocycles. The van der Waals surface area contributed by atoms with Crippen LogP contribution in [0.3, 0.4) is 0 Å². The van der Waals surface area contributed by atoms with Gasteiger partial charge in [0.25, 0.3) is 0 Å². The number of rotatable bonds is 0. The number of aliphatic imine (C=N–C) groups is 1. The molecule has 2 unspecified atom stereocenters. The molecule has 1 radical (unpaired) electrons. The van der Waals surface area contributed by atoms with Crippen molar-refractivity contribution < 1.29 is 23.3 Å². The van der Waals surface area contributed by atoms with E-state index < -0.39 is 0 Å². The second-order valence-corrected chi connectivity index (χ2v) is 2.83. The molecule has 0 aromatic carbocycles. The number of hydrogen-bond acceptors (Lipinski definition) is 2. The van der Waals surface area contributed by atoms with Crippen molar-refractivity contribution in [2.45, 2.75) is 32.1 Å². The summed E-state index contributed by atoms with van der Waals surface area (Å²) in [7, 11) is 0. The number of nitrogens with zero attached hydrogens (tertiary/aromatic N) is 1. The van der Waals surface area contributed by atoms with Gasteiger partial charge in [-0.05, 0) is 12.5 Å². The van der Waals surface area contributed by atoms with E-state index in [0.717, 1.165) is 12.1 Å². The van der Waals surface area contributed by atoms with Crippen molar-refractivity contribution in [3.05, 3.63) is 6.42 Å². The second kappa shape index (κ2) is 2.36. The SMILES string of the molecule is CC1=NC2C[CH-]C1(C)O2.[V+2]. The van der Waals surface area contributed by atoms with Crippen molar-refractivity contribution in [1.82, 2.24) is 0 Å². The molecule has 2 aliphatic rings. The summed E-state index contributed by atoms with van der Waals surface area (Å²) < 4.78 is 5.51. The average molecular weight is 175 g/mol. The van der Waals surface area contributed by atoms with Gasteiger partial charge in [-0.1, -0.05) is 6.92 Å². The van der Waals surface area contributed by atoms with E-state index in [1.165, 1.54) is 0 Å². The number of ether oxygens (including phenoxy) is 1. The monoisotopic (exact) mass is 175 g/mol. The van der Waals surface area contributed by atoms with Crippen molar-refractivity contribution >= 4 is 5.71 Å². The Labute approximate surface area is 72.9 Å². The largest absolute Gasteiger partial charge is 2.00 e. The zero-order chi connectivity index (χ0) is 6.48. The maximum absolute atomic E-state index is 5.51. The minimum Gasteiger partial charge on any atom is -0.379 e. The van der Waals surface area contributed by atoms with E-state index in [4.69, 9.17) is 4.74 Å². The molecule has 0 N–H and O–H groups in total. The molecule has 2 nitrogen and oxygen atoms in total. The van der Waals surface area contributed by atoms with E-state index in [0.29, 0.717) is 0 Å². The molecule has 2 rings (SSSR count). The van der Waals surface area contributed by atoms with E-state index in [9.17, 15) is 0 Å². The van der Waals surface area contributed by atoms with Crippen molar-refractivity contribution in [2.75, 3.05) is 0 Å². The van der Waals surface area contributed by atoms with E-state index in [1.807, 2.05) is 6.92 Å². The molecular formula is C7H10NOV+. The van der Waals surface area contributed by atoms with Crippen LogP contribution in [0.2, 0.25) is 0 Å². The average Bonchev–Trinajstić information content (AvgIpc) is 2.22. The Morgan fingerprint density at radius 1 is 1.80 bits per heavy atom. The maximum atomic E-state index is 5.51. The van der Waals surface area contributed by atoms with Crippen LogP contribution in [0.5, 0.6) is 0 Å². The van der Waals surface area contributed by atoms with Crippen LogP contribution in [0, 0.1) is 6.42 Å². The fourth-order valence-electron chi connectivity index (χ4n) is 1.36. The smallest absolute Gasteiger partial charge is 0.379 e. The van der Waals surface area contributed by atoms with Gasteiger partial charge in [-0.15, -0.1) is 6.42 Å². The first kappa shape index (κ1) is 8.31. The van der Waals surface area contributed by atoms with Gasteiger partial charge in [0.05, 0.1) is 0 Å². The Hall–Kier alpha value is 0.214. The molecule has 0 aromatic rings. The van der Waals surface area contributed by atoms with Gasteiger partial charge in [0.15, 0.2) is 0 Å². The third kappa shape index (κ3) is 0.950. The van der Waals surface area contributed by atoms with Gasteiger partial charge in [-0.25, -0.2) is 0 Å². The first-order valence-corrected chi connectivity index (χ1v) is 3.28. The predicted molar refractivity (Wildman–Crippen MR) is 35.3 cm³/mol. The molecule has 2 bridgehead atoms. The minimum atomic E-state index is -0.106. The molecule has 3 heteroatoms. The van der Waals surface area contributed by atoms with Crippen LogP contribution in [0.1, 0.15) is 20.3 Å². The molecule has 0 amide bonds. The molecular weight excluding hydrogens is 165 g/mol. The molecule has 1 fully saturated rings. The molecule has 0 saturated carbocycles. The van der Waals surface area contributed by atoms with Crippen LogP contribution >= 0.6 is 0 Å². The van der Waals surface area contributed by atoms with Crippen LogP contribution in [0.15, 0.2) is 4.99 Å². The van der Waals surface area contributed by atoms with E-state index in [-0.39, 0.29) is 30.4 Å². The number of hydrogen-bond donors (Lipinski definition) is 0. The summed E-state index contributed by atoms with van der Waals surface area (Å²) in [4.78, 5) is 4.29. The minimum absolute atomic E-state index is 0. The summed E-state index contributed by atoms with van der Waals surface area (Å²) >= 11 is 0. The molecule has 0 spiro atoms. The fourth-order valence-corrected chi connectivity index (χ4v) is 1.36. The van der Waals surface area contributed by atoms with Crippen molar-refractivity contribution in [3.63, 3.8) is 0 Å². The molecule has 10 heavy (non-hydrogen) atoms. The third-order valence-corrected chi connectivity index (χ3v) is 2.15. The summed E-state index contributed by atoms with van der Waals surface area (Å²) in [5.41, 5.74) is 1.02. The third-order valence-electron chi connectivity index (χ3n) is 2.15. The molecule has 53 valence electrons. The van der Waals surface area contributed by atoms with E-state index >= 15 is 0 Å². The normalized spacial score (nSPS) is 43.0. The van der Waals surface area contributed by atoms with Gasteiger partial charge >= 0.3 is 18.6 Å². The summed E-state index contributed by atoms with van der Waals surface area (Å²) in [6, 6.07) is 0. The molecule has 2 atom stereocenters. The zero-order valence-corrected chi connectivity index (χ0v) is 7.56. The first-order valence-electron chi connectivity index (χ1n) is 3.28. The molecule has 2 heterocycles. The van der Waals surface area contributed by atoms with Crippen LogP contribution in [0.25, 0.3) is 0 Å². The Morgan fingerprint density at radius 3 is 2.70 bits per heavy atom. The van der Waals surface area contributed by atoms with Gasteiger partial charge in [-0.2, -0.15) is 0 Å². The van der Waals surface area contributed by atoms with Gasteiger partial charge in [-0.3, -0.25) is 11.4 Å². The van der Waals surface area contributed by atoms with Crippen molar-refractivity contribution in [2.24, 2.45) is 4.99 Å². The van der Waals surface area contributed by atoms with E-state index in [2.05, 4.69) is 18.3 Å².